The first kappa shape index (κ1) is 21.5. The number of rotatable bonds is 0. The van der Waals surface area contributed by atoms with Gasteiger partial charge < -0.3 is 35.7 Å². The first-order valence-corrected chi connectivity index (χ1v) is 4.40. The van der Waals surface area contributed by atoms with Gasteiger partial charge in [0.15, 0.2) is 0 Å². The molecule has 0 radical (unpaired) electrons. The molecule has 86 valence electrons. The Morgan fingerprint density at radius 3 is 2.06 bits per heavy atom. The van der Waals surface area contributed by atoms with Crippen molar-refractivity contribution in [3.8, 4) is 0 Å². The largest absolute Gasteiger partial charge is 4.00 e. The Labute approximate surface area is 129 Å². The van der Waals surface area contributed by atoms with Gasteiger partial charge in [-0.25, -0.2) is 0 Å². The number of benzene rings is 1. The average Bonchev–Trinajstić information content (AvgIpc) is 2.49. The standard InChI is InChI=1S/C8H6N.C4H9.2ClH.Zr/c1-2-4-8-7(3-1)5-6-9-8;1-4(2)3;;;/h1-5,9H;1-3H3;2*1H;/q2*-1;;;+4/p-2. The fraction of sp³-hybridized carbons (Fsp3) is 0.250. The summed E-state index contributed by atoms with van der Waals surface area (Å²) in [5.41, 5.74) is 1.15. The van der Waals surface area contributed by atoms with Crippen LogP contribution in [0.1, 0.15) is 20.8 Å². The monoisotopic (exact) mass is 333 g/mol. The van der Waals surface area contributed by atoms with Crippen LogP contribution in [-0.4, -0.2) is 4.98 Å². The van der Waals surface area contributed by atoms with Gasteiger partial charge in [0.2, 0.25) is 0 Å². The minimum Gasteiger partial charge on any atom is -1.00 e. The van der Waals surface area contributed by atoms with Crippen LogP contribution in [0.2, 0.25) is 0 Å². The summed E-state index contributed by atoms with van der Waals surface area (Å²) in [5, 5.41) is 1.22. The second-order valence-electron chi connectivity index (χ2n) is 3.50. The molecule has 1 heterocycles. The zero-order chi connectivity index (χ0) is 9.68. The number of aromatic nitrogens is 1. The van der Waals surface area contributed by atoms with Crippen molar-refractivity contribution in [3.05, 3.63) is 42.4 Å². The van der Waals surface area contributed by atoms with Crippen molar-refractivity contribution in [2.24, 2.45) is 0 Å². The van der Waals surface area contributed by atoms with Crippen LogP contribution in [-0.2, 0) is 26.2 Å². The van der Waals surface area contributed by atoms with Crippen LogP contribution in [0, 0.1) is 12.1 Å². The number of para-hydroxylation sites is 1. The summed E-state index contributed by atoms with van der Waals surface area (Å²) in [7, 11) is 0. The Bertz CT molecular complexity index is 328. The van der Waals surface area contributed by atoms with E-state index < -0.39 is 0 Å². The molecule has 1 aromatic heterocycles. The molecule has 0 spiro atoms. The predicted molar refractivity (Wildman–Crippen MR) is 57.4 cm³/mol. The van der Waals surface area contributed by atoms with Gasteiger partial charge in [-0.15, -0.1) is 23.8 Å². The molecule has 0 amide bonds. The molecule has 0 bridgehead atoms. The van der Waals surface area contributed by atoms with Crippen molar-refractivity contribution in [1.29, 1.82) is 0 Å². The molecule has 16 heavy (non-hydrogen) atoms. The molecule has 0 saturated carbocycles. The van der Waals surface area contributed by atoms with Crippen molar-refractivity contribution in [3.63, 3.8) is 0 Å². The first-order valence-electron chi connectivity index (χ1n) is 4.40. The van der Waals surface area contributed by atoms with Crippen molar-refractivity contribution in [1.82, 2.24) is 4.98 Å². The summed E-state index contributed by atoms with van der Waals surface area (Å²) in [6, 6.07) is 10.1. The summed E-state index contributed by atoms with van der Waals surface area (Å²) >= 11 is 0. The third-order valence-corrected chi connectivity index (χ3v) is 1.40. The maximum Gasteiger partial charge on any atom is 4.00 e. The van der Waals surface area contributed by atoms with Crippen molar-refractivity contribution in [2.45, 2.75) is 20.8 Å². The number of aromatic amines is 1. The predicted octanol–water partition coefficient (Wildman–Crippen LogP) is -2.41. The number of H-pyrrole nitrogens is 1. The first-order chi connectivity index (χ1) is 6.20. The fourth-order valence-electron chi connectivity index (χ4n) is 0.928. The Balaban J connectivity index is -0.000000218. The summed E-state index contributed by atoms with van der Waals surface area (Å²) in [6.07, 6.45) is 2.91. The Kier molecular flexibility index (Phi) is 15.7. The van der Waals surface area contributed by atoms with Crippen LogP contribution in [0.15, 0.2) is 30.3 Å². The van der Waals surface area contributed by atoms with Gasteiger partial charge in [0.25, 0.3) is 0 Å². The van der Waals surface area contributed by atoms with Crippen molar-refractivity contribution in [2.75, 3.05) is 0 Å². The summed E-state index contributed by atoms with van der Waals surface area (Å²) in [5.74, 6) is 1.42. The number of hydrogen-bond donors (Lipinski definition) is 1. The van der Waals surface area contributed by atoms with Crippen LogP contribution in [0.4, 0.5) is 0 Å². The van der Waals surface area contributed by atoms with Gasteiger partial charge in [0.05, 0.1) is 0 Å². The Morgan fingerprint density at radius 1 is 1.06 bits per heavy atom. The number of nitrogens with one attached hydrogen (secondary N) is 1. The minimum atomic E-state index is 0. The molecule has 1 aromatic carbocycles. The molecule has 0 unspecified atom stereocenters. The van der Waals surface area contributed by atoms with Gasteiger partial charge in [-0.05, 0) is 0 Å². The van der Waals surface area contributed by atoms with E-state index in [0.717, 1.165) is 5.52 Å². The van der Waals surface area contributed by atoms with Gasteiger partial charge in [-0.1, -0.05) is 12.1 Å². The Morgan fingerprint density at radius 2 is 1.56 bits per heavy atom. The molecule has 0 aliphatic rings. The normalized spacial score (nSPS) is 8.00. The molecule has 0 aliphatic heterocycles. The minimum absolute atomic E-state index is 0. The molecule has 0 saturated heterocycles. The molecule has 1 nitrogen and oxygen atoms in total. The summed E-state index contributed by atoms with van der Waals surface area (Å²) < 4.78 is 0. The van der Waals surface area contributed by atoms with E-state index in [0.29, 0.717) is 0 Å². The van der Waals surface area contributed by atoms with Crippen LogP contribution in [0.25, 0.3) is 10.9 Å². The van der Waals surface area contributed by atoms with Crippen LogP contribution in [0.5, 0.6) is 0 Å². The van der Waals surface area contributed by atoms with E-state index in [1.165, 1.54) is 11.3 Å². The van der Waals surface area contributed by atoms with Crippen LogP contribution >= 0.6 is 0 Å². The SMILES string of the molecule is C[C-](C)C.[Cl-].[Cl-].[Zr+4].[c-]1cc2ccccc2[nH]1. The van der Waals surface area contributed by atoms with E-state index in [1.54, 1.807) is 0 Å². The maximum absolute atomic E-state index is 2.99. The van der Waals surface area contributed by atoms with E-state index >= 15 is 0 Å². The molecule has 2 aromatic rings. The summed E-state index contributed by atoms with van der Waals surface area (Å²) in [6.45, 7) is 6.25. The van der Waals surface area contributed by atoms with Crippen LogP contribution < -0.4 is 24.8 Å². The molecule has 0 aliphatic carbocycles. The second kappa shape index (κ2) is 11.7. The van der Waals surface area contributed by atoms with Gasteiger partial charge in [-0.3, -0.25) is 0 Å². The zero-order valence-corrected chi connectivity index (χ0v) is 13.6. The molecule has 1 N–H and O–H groups in total. The zero-order valence-electron chi connectivity index (χ0n) is 9.64. The van der Waals surface area contributed by atoms with Gasteiger partial charge in [0.1, 0.15) is 0 Å². The topological polar surface area (TPSA) is 15.8 Å². The van der Waals surface area contributed by atoms with E-state index in [-0.39, 0.29) is 51.0 Å². The molecular formula is C12H15Cl2NZr. The fourth-order valence-corrected chi connectivity index (χ4v) is 0.928. The number of hydrogen-bond acceptors (Lipinski definition) is 0. The number of halogens is 2. The third-order valence-electron chi connectivity index (χ3n) is 1.40. The smallest absolute Gasteiger partial charge is 1.00 e. The molecule has 0 atom stereocenters. The third kappa shape index (κ3) is 8.38. The van der Waals surface area contributed by atoms with Gasteiger partial charge in [0, 0.05) is 0 Å². The molecule has 2 rings (SSSR count). The number of fused-ring (bicyclic) bond motifs is 1. The molecule has 4 heteroatoms. The van der Waals surface area contributed by atoms with E-state index in [4.69, 9.17) is 0 Å². The second-order valence-corrected chi connectivity index (χ2v) is 3.50. The summed E-state index contributed by atoms with van der Waals surface area (Å²) in [4.78, 5) is 2.99. The van der Waals surface area contributed by atoms with E-state index in [2.05, 4.69) is 38.0 Å². The van der Waals surface area contributed by atoms with E-state index in [9.17, 15) is 0 Å². The average molecular weight is 335 g/mol. The van der Waals surface area contributed by atoms with E-state index in [1.807, 2.05) is 24.3 Å². The quantitative estimate of drug-likeness (QED) is 0.517. The maximum atomic E-state index is 2.99. The molecular weight excluding hydrogens is 320 g/mol. The Hall–Kier alpha value is 0.223. The molecule has 0 fully saturated rings. The van der Waals surface area contributed by atoms with Gasteiger partial charge in [-0.2, -0.15) is 32.2 Å². The van der Waals surface area contributed by atoms with Crippen molar-refractivity contribution < 1.29 is 51.0 Å². The van der Waals surface area contributed by atoms with Gasteiger partial charge >= 0.3 is 26.2 Å². The van der Waals surface area contributed by atoms with Crippen molar-refractivity contribution >= 4 is 10.9 Å². The van der Waals surface area contributed by atoms with Crippen LogP contribution in [0.3, 0.4) is 0 Å².